The number of H-pyrrole nitrogens is 1. The van der Waals surface area contributed by atoms with Crippen molar-refractivity contribution in [3.05, 3.63) is 52.7 Å². The fourth-order valence-corrected chi connectivity index (χ4v) is 4.61. The Kier molecular flexibility index (Phi) is 8.71. The number of benzene rings is 1. The maximum absolute atomic E-state index is 13.2. The van der Waals surface area contributed by atoms with E-state index >= 15 is 0 Å². The molecule has 0 amide bonds. The molecule has 0 unspecified atom stereocenters. The first-order valence-electron chi connectivity index (χ1n) is 12.7. The molecule has 41 heavy (non-hydrogen) atoms. The molecular weight excluding hydrogens is 540 g/mol. The van der Waals surface area contributed by atoms with E-state index in [0.29, 0.717) is 5.69 Å². The Balaban J connectivity index is 1.70. The van der Waals surface area contributed by atoms with E-state index in [-0.39, 0.29) is 5.82 Å². The van der Waals surface area contributed by atoms with Gasteiger partial charge in [0, 0.05) is 56.2 Å². The molecule has 14 heteroatoms. The monoisotopic (exact) mass is 570 g/mol. The number of nitrogens with one attached hydrogen (secondary N) is 2. The molecule has 1 fully saturated rings. The molecule has 0 spiro atoms. The van der Waals surface area contributed by atoms with Crippen LogP contribution in [0.4, 0.5) is 11.5 Å². The molecule has 0 saturated carbocycles. The molecule has 0 bridgehead atoms. The molecule has 2 aromatic heterocycles. The number of fused-ring (bicyclic) bond motifs is 1. The second kappa shape index (κ2) is 12.2. The topological polar surface area (TPSA) is 177 Å². The smallest absolute Gasteiger partial charge is 0.351 e. The van der Waals surface area contributed by atoms with Gasteiger partial charge in [0.15, 0.2) is 24.5 Å². The van der Waals surface area contributed by atoms with Gasteiger partial charge in [-0.05, 0) is 37.3 Å². The third-order valence-electron chi connectivity index (χ3n) is 6.10. The SMILES string of the molecule is CC(=O)OC[C@H]1O[C@@H](n2ccc(Nc3ccc4[nH]c(C)cc4c3)nc2=O)[C@H](OC(C)=O)[C@@H](OC(C)=O)[C@@H]1OC(C)=O. The highest BCUT2D eigenvalue weighted by Crippen LogP contribution is 2.34. The van der Waals surface area contributed by atoms with E-state index in [1.807, 2.05) is 31.2 Å². The molecule has 2 N–H and O–H groups in total. The van der Waals surface area contributed by atoms with E-state index in [1.165, 1.54) is 19.2 Å². The van der Waals surface area contributed by atoms with Crippen molar-refractivity contribution < 1.29 is 42.9 Å². The van der Waals surface area contributed by atoms with Gasteiger partial charge in [0.2, 0.25) is 0 Å². The van der Waals surface area contributed by atoms with Crippen LogP contribution in [0.25, 0.3) is 10.9 Å². The van der Waals surface area contributed by atoms with Gasteiger partial charge in [0.25, 0.3) is 0 Å². The summed E-state index contributed by atoms with van der Waals surface area (Å²) in [6.07, 6.45) is -5.44. The van der Waals surface area contributed by atoms with E-state index in [4.69, 9.17) is 23.7 Å². The lowest BCUT2D eigenvalue weighted by Crippen LogP contribution is -2.61. The van der Waals surface area contributed by atoms with Crippen LogP contribution in [0, 0.1) is 6.92 Å². The number of esters is 4. The predicted molar refractivity (Wildman–Crippen MR) is 142 cm³/mol. The Morgan fingerprint density at radius 2 is 1.59 bits per heavy atom. The number of aromatic nitrogens is 3. The van der Waals surface area contributed by atoms with Crippen molar-refractivity contribution >= 4 is 46.3 Å². The number of ether oxygens (including phenoxy) is 5. The molecule has 0 radical (unpaired) electrons. The van der Waals surface area contributed by atoms with Gasteiger partial charge in [-0.2, -0.15) is 4.98 Å². The highest BCUT2D eigenvalue weighted by Gasteiger charge is 2.53. The molecular formula is C27H30N4O10. The minimum absolute atomic E-state index is 0.225. The van der Waals surface area contributed by atoms with Crippen LogP contribution in [-0.2, 0) is 42.9 Å². The van der Waals surface area contributed by atoms with Crippen molar-refractivity contribution in [1.82, 2.24) is 14.5 Å². The zero-order chi connectivity index (χ0) is 29.8. The predicted octanol–water partition coefficient (Wildman–Crippen LogP) is 2.03. The van der Waals surface area contributed by atoms with Crippen molar-refractivity contribution in [3.8, 4) is 0 Å². The van der Waals surface area contributed by atoms with E-state index in [1.54, 1.807) is 0 Å². The minimum atomic E-state index is -1.44. The lowest BCUT2D eigenvalue weighted by molar-refractivity contribution is -0.269. The number of nitrogens with zero attached hydrogens (tertiary/aromatic N) is 2. The molecule has 0 aliphatic carbocycles. The third-order valence-corrected chi connectivity index (χ3v) is 6.10. The molecule has 1 saturated heterocycles. The van der Waals surface area contributed by atoms with E-state index < -0.39 is 66.8 Å². The van der Waals surface area contributed by atoms with Crippen LogP contribution < -0.4 is 11.0 Å². The van der Waals surface area contributed by atoms with Crippen molar-refractivity contribution in [1.29, 1.82) is 0 Å². The van der Waals surface area contributed by atoms with E-state index in [9.17, 15) is 24.0 Å². The van der Waals surface area contributed by atoms with Crippen LogP contribution >= 0.6 is 0 Å². The quantitative estimate of drug-likeness (QED) is 0.298. The largest absolute Gasteiger partial charge is 0.463 e. The highest BCUT2D eigenvalue weighted by molar-refractivity contribution is 5.84. The maximum atomic E-state index is 13.2. The first-order valence-corrected chi connectivity index (χ1v) is 12.7. The Hall–Kier alpha value is -4.72. The zero-order valence-electron chi connectivity index (χ0n) is 23.0. The van der Waals surface area contributed by atoms with Crippen molar-refractivity contribution in [2.45, 2.75) is 65.3 Å². The summed E-state index contributed by atoms with van der Waals surface area (Å²) in [5.74, 6) is -2.75. The molecule has 5 atom stereocenters. The molecule has 3 heterocycles. The second-order valence-corrected chi connectivity index (χ2v) is 9.47. The summed E-state index contributed by atoms with van der Waals surface area (Å²) in [5, 5.41) is 4.05. The van der Waals surface area contributed by atoms with Gasteiger partial charge < -0.3 is 34.0 Å². The summed E-state index contributed by atoms with van der Waals surface area (Å²) >= 11 is 0. The highest BCUT2D eigenvalue weighted by atomic mass is 16.7. The normalized spacial score (nSPS) is 22.0. The molecule has 1 aromatic carbocycles. The number of aromatic amines is 1. The van der Waals surface area contributed by atoms with E-state index in [0.717, 1.165) is 41.9 Å². The van der Waals surface area contributed by atoms with Gasteiger partial charge in [0.05, 0.1) is 0 Å². The zero-order valence-corrected chi connectivity index (χ0v) is 23.0. The van der Waals surface area contributed by atoms with Gasteiger partial charge in [0.1, 0.15) is 18.5 Å². The van der Waals surface area contributed by atoms with Crippen LogP contribution in [0.3, 0.4) is 0 Å². The van der Waals surface area contributed by atoms with Gasteiger partial charge in [-0.25, -0.2) is 4.79 Å². The number of hydrogen-bond donors (Lipinski definition) is 2. The number of carbonyl (C=O) groups is 4. The number of rotatable bonds is 8. The molecule has 1 aliphatic rings. The molecule has 4 rings (SSSR count). The van der Waals surface area contributed by atoms with Gasteiger partial charge in [-0.15, -0.1) is 0 Å². The molecule has 1 aliphatic heterocycles. The first-order chi connectivity index (χ1) is 19.4. The second-order valence-electron chi connectivity index (χ2n) is 9.47. The Morgan fingerprint density at radius 1 is 0.927 bits per heavy atom. The summed E-state index contributed by atoms with van der Waals surface area (Å²) in [5.41, 5.74) is 1.85. The summed E-state index contributed by atoms with van der Waals surface area (Å²) in [4.78, 5) is 68.1. The Morgan fingerprint density at radius 3 is 2.22 bits per heavy atom. The number of aryl methyl sites for hydroxylation is 1. The van der Waals surface area contributed by atoms with Crippen molar-refractivity contribution in [2.75, 3.05) is 11.9 Å². The van der Waals surface area contributed by atoms with Crippen LogP contribution in [0.5, 0.6) is 0 Å². The van der Waals surface area contributed by atoms with Crippen LogP contribution in [0.1, 0.15) is 39.6 Å². The number of hydrogen-bond acceptors (Lipinski definition) is 12. The average molecular weight is 571 g/mol. The third kappa shape index (κ3) is 7.08. The number of anilines is 2. The summed E-state index contributed by atoms with van der Waals surface area (Å²) in [6, 6.07) is 9.10. The Bertz CT molecular complexity index is 1530. The lowest BCUT2D eigenvalue weighted by atomic mass is 9.97. The Labute approximate surface area is 233 Å². The first kappa shape index (κ1) is 29.3. The van der Waals surface area contributed by atoms with Crippen LogP contribution in [0.2, 0.25) is 0 Å². The molecule has 3 aromatic rings. The summed E-state index contributed by atoms with van der Waals surface area (Å²) in [6.45, 7) is 6.04. The van der Waals surface area contributed by atoms with E-state index in [2.05, 4.69) is 15.3 Å². The standard InChI is InChI=1S/C27H30N4O10/c1-13-10-18-11-19(6-7-20(18)28-13)29-22-8-9-31(27(36)30-22)26-25(40-17(5)35)24(39-16(4)34)23(38-15(3)33)21(41-26)12-37-14(2)32/h6-11,21,23-26,28H,12H2,1-5H3,(H,29,30,36)/t21-,23-,24+,25-,26-/m1/s1. The molecule has 14 nitrogen and oxygen atoms in total. The summed E-state index contributed by atoms with van der Waals surface area (Å²) in [7, 11) is 0. The van der Waals surface area contributed by atoms with Gasteiger partial charge in [-0.1, -0.05) is 0 Å². The maximum Gasteiger partial charge on any atom is 0.351 e. The molecule has 218 valence electrons. The number of carbonyl (C=O) groups excluding carboxylic acids is 4. The fourth-order valence-electron chi connectivity index (χ4n) is 4.61. The van der Waals surface area contributed by atoms with Gasteiger partial charge in [-0.3, -0.25) is 23.7 Å². The van der Waals surface area contributed by atoms with Crippen molar-refractivity contribution in [3.63, 3.8) is 0 Å². The van der Waals surface area contributed by atoms with Crippen molar-refractivity contribution in [2.24, 2.45) is 0 Å². The average Bonchev–Trinajstić information content (AvgIpc) is 3.24. The van der Waals surface area contributed by atoms with Crippen LogP contribution in [0.15, 0.2) is 41.3 Å². The van der Waals surface area contributed by atoms with Crippen LogP contribution in [-0.4, -0.2) is 69.4 Å². The minimum Gasteiger partial charge on any atom is -0.463 e. The summed E-state index contributed by atoms with van der Waals surface area (Å²) < 4.78 is 28.4. The lowest BCUT2D eigenvalue weighted by Gasteiger charge is -2.44. The fraction of sp³-hybridized carbons (Fsp3) is 0.407. The van der Waals surface area contributed by atoms with Gasteiger partial charge >= 0.3 is 29.6 Å².